The quantitative estimate of drug-likeness (QED) is 0.858. The summed E-state index contributed by atoms with van der Waals surface area (Å²) in [5.74, 6) is -0.811. The molecule has 0 spiro atoms. The molecule has 138 valence electrons. The second-order valence-corrected chi connectivity index (χ2v) is 6.39. The van der Waals surface area contributed by atoms with Gasteiger partial charge in [-0.05, 0) is 25.8 Å². The van der Waals surface area contributed by atoms with Gasteiger partial charge in [-0.15, -0.1) is 0 Å². The predicted octanol–water partition coefficient (Wildman–Crippen LogP) is 2.51. The molecule has 8 nitrogen and oxygen atoms in total. The summed E-state index contributed by atoms with van der Waals surface area (Å²) in [7, 11) is 0. The van der Waals surface area contributed by atoms with Gasteiger partial charge < -0.3 is 14.7 Å². The Bertz CT molecular complexity index is 815. The molecule has 1 aliphatic rings. The third kappa shape index (κ3) is 3.80. The Labute approximate surface area is 155 Å². The van der Waals surface area contributed by atoms with E-state index >= 15 is 0 Å². The largest absolute Gasteiger partial charge is 0.478 e. The van der Waals surface area contributed by atoms with Gasteiger partial charge in [0.1, 0.15) is 5.02 Å². The summed E-state index contributed by atoms with van der Waals surface area (Å²) >= 11 is 6.10. The van der Waals surface area contributed by atoms with Gasteiger partial charge in [-0.1, -0.05) is 11.6 Å². The number of aromatic carboxylic acids is 1. The number of halogens is 1. The van der Waals surface area contributed by atoms with E-state index in [4.69, 9.17) is 21.4 Å². The zero-order chi connectivity index (χ0) is 18.7. The highest BCUT2D eigenvalue weighted by Crippen LogP contribution is 2.26. The van der Waals surface area contributed by atoms with Crippen LogP contribution in [0.1, 0.15) is 46.5 Å². The van der Waals surface area contributed by atoms with Crippen molar-refractivity contribution < 1.29 is 19.4 Å². The number of carbonyl (C=O) groups excluding carboxylic acids is 1. The molecule has 0 aliphatic carbocycles. The maximum Gasteiger partial charge on any atom is 0.338 e. The van der Waals surface area contributed by atoms with E-state index in [2.05, 4.69) is 10.1 Å². The maximum absolute atomic E-state index is 12.6. The normalized spacial score (nSPS) is 15.1. The van der Waals surface area contributed by atoms with Gasteiger partial charge in [-0.2, -0.15) is 5.10 Å². The van der Waals surface area contributed by atoms with Crippen LogP contribution in [0, 0.1) is 0 Å². The van der Waals surface area contributed by atoms with Crippen molar-refractivity contribution in [1.29, 1.82) is 0 Å². The molecule has 1 N–H and O–H groups in total. The van der Waals surface area contributed by atoms with Crippen molar-refractivity contribution in [1.82, 2.24) is 19.7 Å². The number of ether oxygens (including phenoxy) is 1. The smallest absolute Gasteiger partial charge is 0.338 e. The van der Waals surface area contributed by atoms with Crippen molar-refractivity contribution >= 4 is 23.5 Å². The summed E-state index contributed by atoms with van der Waals surface area (Å²) in [6.07, 6.45) is 5.74. The molecule has 1 fully saturated rings. The Balaban J connectivity index is 1.63. The van der Waals surface area contributed by atoms with Crippen LogP contribution in [0.15, 0.2) is 24.7 Å². The first-order valence-corrected chi connectivity index (χ1v) is 8.72. The molecule has 1 amide bonds. The number of hydrogen-bond donors (Lipinski definition) is 1. The number of carboxylic acids is 1. The Hall–Kier alpha value is -2.61. The summed E-state index contributed by atoms with van der Waals surface area (Å²) in [6.45, 7) is 3.39. The zero-order valence-electron chi connectivity index (χ0n) is 14.3. The average Bonchev–Trinajstić information content (AvgIpc) is 3.13. The van der Waals surface area contributed by atoms with Gasteiger partial charge in [0.15, 0.2) is 0 Å². The third-order valence-corrected chi connectivity index (χ3v) is 4.58. The Morgan fingerprint density at radius 3 is 2.62 bits per heavy atom. The number of amides is 1. The number of carboxylic acid groups (broad SMARTS) is 1. The van der Waals surface area contributed by atoms with Gasteiger partial charge in [-0.25, -0.2) is 9.78 Å². The predicted molar refractivity (Wildman–Crippen MR) is 93.8 cm³/mol. The lowest BCUT2D eigenvalue weighted by molar-refractivity contribution is 0.0687. The summed E-state index contributed by atoms with van der Waals surface area (Å²) in [5, 5.41) is 13.4. The molecule has 0 bridgehead atoms. The maximum atomic E-state index is 12.6. The molecule has 0 saturated carbocycles. The van der Waals surface area contributed by atoms with Crippen LogP contribution in [0.3, 0.4) is 0 Å². The number of nitrogens with zero attached hydrogens (tertiary/aromatic N) is 4. The number of likely N-dealkylation sites (tertiary alicyclic amines) is 1. The van der Waals surface area contributed by atoms with Crippen molar-refractivity contribution in [3.8, 4) is 5.88 Å². The van der Waals surface area contributed by atoms with Gasteiger partial charge >= 0.3 is 5.97 Å². The minimum atomic E-state index is -0.997. The fourth-order valence-corrected chi connectivity index (χ4v) is 3.17. The lowest BCUT2D eigenvalue weighted by Crippen LogP contribution is -2.39. The number of aromatic nitrogens is 3. The summed E-state index contributed by atoms with van der Waals surface area (Å²) in [6, 6.07) is 1.65. The van der Waals surface area contributed by atoms with Gasteiger partial charge in [0.05, 0.1) is 30.0 Å². The second-order valence-electron chi connectivity index (χ2n) is 5.98. The molecule has 0 unspecified atom stereocenters. The molecule has 0 atom stereocenters. The number of rotatable bonds is 5. The first-order chi connectivity index (χ1) is 12.5. The van der Waals surface area contributed by atoms with Crippen molar-refractivity contribution in [2.45, 2.75) is 25.8 Å². The second kappa shape index (κ2) is 7.74. The Kier molecular flexibility index (Phi) is 5.41. The first-order valence-electron chi connectivity index (χ1n) is 8.34. The molecule has 1 saturated heterocycles. The van der Waals surface area contributed by atoms with Crippen LogP contribution in [0.2, 0.25) is 5.02 Å². The van der Waals surface area contributed by atoms with Crippen molar-refractivity contribution in [3.05, 3.63) is 40.8 Å². The monoisotopic (exact) mass is 378 g/mol. The minimum absolute atomic E-state index is 0.0780. The van der Waals surface area contributed by atoms with Crippen molar-refractivity contribution in [3.63, 3.8) is 0 Å². The molecule has 0 aromatic carbocycles. The lowest BCUT2D eigenvalue weighted by atomic mass is 10.0. The molecule has 2 aromatic rings. The number of hydrogen-bond acceptors (Lipinski definition) is 5. The third-order valence-electron chi connectivity index (χ3n) is 4.31. The van der Waals surface area contributed by atoms with Crippen molar-refractivity contribution in [2.75, 3.05) is 19.7 Å². The van der Waals surface area contributed by atoms with Crippen LogP contribution in [0.25, 0.3) is 0 Å². The van der Waals surface area contributed by atoms with Crippen LogP contribution in [0.4, 0.5) is 0 Å². The van der Waals surface area contributed by atoms with E-state index in [1.165, 1.54) is 18.6 Å². The van der Waals surface area contributed by atoms with Crippen LogP contribution >= 0.6 is 11.6 Å². The van der Waals surface area contributed by atoms with Crippen molar-refractivity contribution in [2.24, 2.45) is 0 Å². The van der Waals surface area contributed by atoms with Gasteiger partial charge in [-0.3, -0.25) is 9.48 Å². The highest BCUT2D eigenvalue weighted by Gasteiger charge is 2.26. The molecule has 1 aliphatic heterocycles. The molecule has 9 heteroatoms. The fourth-order valence-electron chi connectivity index (χ4n) is 2.95. The molecular formula is C17H19ClN4O4. The highest BCUT2D eigenvalue weighted by molar-refractivity contribution is 6.32. The topological polar surface area (TPSA) is 97.6 Å². The standard InChI is InChI=1S/C17H19ClN4O4/c1-2-26-15-14(18)7-11(8-19-15)16(23)21-5-3-13(4-6-21)22-10-12(9-20-22)17(24)25/h7-10,13H,2-6H2,1H3,(H,24,25). The first kappa shape index (κ1) is 18.2. The SMILES string of the molecule is CCOc1ncc(C(=O)N2CCC(n3cc(C(=O)O)cn3)CC2)cc1Cl. The van der Waals surface area contributed by atoms with Gasteiger partial charge in [0, 0.05) is 25.5 Å². The summed E-state index contributed by atoms with van der Waals surface area (Å²) in [4.78, 5) is 29.4. The number of pyridine rings is 1. The van der Waals surface area contributed by atoms with E-state index in [1.54, 1.807) is 15.6 Å². The van der Waals surface area contributed by atoms with Crippen LogP contribution in [-0.4, -0.2) is 56.3 Å². The fraction of sp³-hybridized carbons (Fsp3) is 0.412. The molecule has 0 radical (unpaired) electrons. The summed E-state index contributed by atoms with van der Waals surface area (Å²) in [5.41, 5.74) is 0.586. The van der Waals surface area contributed by atoms with Gasteiger partial charge in [0.2, 0.25) is 5.88 Å². The highest BCUT2D eigenvalue weighted by atomic mass is 35.5. The average molecular weight is 379 g/mol. The molecular weight excluding hydrogens is 360 g/mol. The minimum Gasteiger partial charge on any atom is -0.478 e. The van der Waals surface area contributed by atoms with E-state index in [0.29, 0.717) is 49.0 Å². The molecule has 3 heterocycles. The van der Waals surface area contributed by atoms with E-state index in [1.807, 2.05) is 6.92 Å². The Morgan fingerprint density at radius 2 is 2.04 bits per heavy atom. The van der Waals surface area contributed by atoms with Crippen LogP contribution < -0.4 is 4.74 Å². The number of piperidine rings is 1. The van der Waals surface area contributed by atoms with E-state index in [9.17, 15) is 9.59 Å². The Morgan fingerprint density at radius 1 is 1.31 bits per heavy atom. The van der Waals surface area contributed by atoms with Crippen LogP contribution in [-0.2, 0) is 0 Å². The van der Waals surface area contributed by atoms with E-state index < -0.39 is 5.97 Å². The zero-order valence-corrected chi connectivity index (χ0v) is 15.0. The molecule has 26 heavy (non-hydrogen) atoms. The summed E-state index contributed by atoms with van der Waals surface area (Å²) < 4.78 is 6.95. The van der Waals surface area contributed by atoms with Crippen LogP contribution in [0.5, 0.6) is 5.88 Å². The van der Waals surface area contributed by atoms with E-state index in [0.717, 1.165) is 0 Å². The molecule has 2 aromatic heterocycles. The van der Waals surface area contributed by atoms with E-state index in [-0.39, 0.29) is 17.5 Å². The number of carbonyl (C=O) groups is 2. The lowest BCUT2D eigenvalue weighted by Gasteiger charge is -2.32. The molecule has 3 rings (SSSR count). The van der Waals surface area contributed by atoms with Gasteiger partial charge in [0.25, 0.3) is 5.91 Å².